The number of aryl methyl sites for hydroxylation is 1. The Balaban J connectivity index is 1.66. The third-order valence-electron chi connectivity index (χ3n) is 3.77. The lowest BCUT2D eigenvalue weighted by Crippen LogP contribution is -2.49. The van der Waals surface area contributed by atoms with E-state index in [1.54, 1.807) is 5.51 Å². The van der Waals surface area contributed by atoms with Crippen LogP contribution in [0, 0.1) is 0 Å². The zero-order valence-electron chi connectivity index (χ0n) is 13.3. The molecule has 0 unspecified atom stereocenters. The van der Waals surface area contributed by atoms with E-state index in [1.807, 2.05) is 12.3 Å². The summed E-state index contributed by atoms with van der Waals surface area (Å²) < 4.78 is 39.0. The van der Waals surface area contributed by atoms with Crippen molar-refractivity contribution in [3.63, 3.8) is 0 Å². The van der Waals surface area contributed by atoms with Crippen molar-refractivity contribution in [1.82, 2.24) is 19.7 Å². The van der Waals surface area contributed by atoms with Crippen molar-refractivity contribution in [2.75, 3.05) is 13.2 Å². The summed E-state index contributed by atoms with van der Waals surface area (Å²) in [5.41, 5.74) is 2.56. The van der Waals surface area contributed by atoms with Crippen molar-refractivity contribution in [3.05, 3.63) is 28.6 Å². The van der Waals surface area contributed by atoms with Crippen molar-refractivity contribution < 1.29 is 17.9 Å². The number of H-pyrrole nitrogens is 1. The van der Waals surface area contributed by atoms with Gasteiger partial charge < -0.3 is 14.5 Å². The van der Waals surface area contributed by atoms with Crippen LogP contribution in [0.2, 0.25) is 0 Å². The summed E-state index contributed by atoms with van der Waals surface area (Å²) >= 11 is 1.49. The topological polar surface area (TPSA) is 106 Å². The highest BCUT2D eigenvalue weighted by molar-refractivity contribution is 7.89. The highest BCUT2D eigenvalue weighted by Crippen LogP contribution is 2.17. The molecule has 24 heavy (non-hydrogen) atoms. The summed E-state index contributed by atoms with van der Waals surface area (Å²) in [7, 11) is -3.67. The Morgan fingerprint density at radius 2 is 2.38 bits per heavy atom. The van der Waals surface area contributed by atoms with Crippen LogP contribution >= 0.6 is 11.3 Å². The predicted octanol–water partition coefficient (Wildman–Crippen LogP) is 1.08. The van der Waals surface area contributed by atoms with Crippen molar-refractivity contribution >= 4 is 21.4 Å². The number of hydrogen-bond donors (Lipinski definition) is 2. The van der Waals surface area contributed by atoms with Gasteiger partial charge in [0, 0.05) is 18.4 Å². The van der Waals surface area contributed by atoms with E-state index >= 15 is 0 Å². The number of nitrogens with one attached hydrogen (secondary N) is 2. The van der Waals surface area contributed by atoms with Gasteiger partial charge in [-0.05, 0) is 6.42 Å². The number of ether oxygens (including phenoxy) is 2. The SMILES string of the molecule is CCc1ncc(S(=O)(=O)N[C@@H]2CCOC[C@H]2OCc2cscn2)[nH]1. The minimum Gasteiger partial charge on any atom is -0.379 e. The Labute approximate surface area is 144 Å². The first-order valence-corrected chi connectivity index (χ1v) is 10.1. The van der Waals surface area contributed by atoms with Gasteiger partial charge in [0.25, 0.3) is 10.0 Å². The molecule has 2 atom stereocenters. The van der Waals surface area contributed by atoms with Crippen LogP contribution in [0.4, 0.5) is 0 Å². The Hall–Kier alpha value is -1.33. The van der Waals surface area contributed by atoms with Gasteiger partial charge >= 0.3 is 0 Å². The maximum absolute atomic E-state index is 12.5. The molecule has 0 radical (unpaired) electrons. The number of rotatable bonds is 7. The fourth-order valence-electron chi connectivity index (χ4n) is 2.43. The third-order valence-corrected chi connectivity index (χ3v) is 5.80. The molecule has 0 aliphatic carbocycles. The largest absolute Gasteiger partial charge is 0.379 e. The molecule has 0 bridgehead atoms. The van der Waals surface area contributed by atoms with E-state index in [1.165, 1.54) is 17.5 Å². The Morgan fingerprint density at radius 3 is 3.08 bits per heavy atom. The summed E-state index contributed by atoms with van der Waals surface area (Å²) in [6.45, 7) is 3.08. The van der Waals surface area contributed by atoms with Crippen LogP contribution in [0.15, 0.2) is 22.1 Å². The highest BCUT2D eigenvalue weighted by Gasteiger charge is 2.31. The quantitative estimate of drug-likeness (QED) is 0.753. The molecule has 0 spiro atoms. The Morgan fingerprint density at radius 1 is 1.50 bits per heavy atom. The van der Waals surface area contributed by atoms with Crippen LogP contribution < -0.4 is 4.72 Å². The first kappa shape index (κ1) is 17.5. The lowest BCUT2D eigenvalue weighted by atomic mass is 10.1. The summed E-state index contributed by atoms with van der Waals surface area (Å²) in [5, 5.41) is 1.98. The molecule has 1 aliphatic rings. The summed E-state index contributed by atoms with van der Waals surface area (Å²) in [6.07, 6.45) is 2.18. The van der Waals surface area contributed by atoms with Gasteiger partial charge in [-0.2, -0.15) is 0 Å². The van der Waals surface area contributed by atoms with Crippen LogP contribution in [-0.4, -0.2) is 48.7 Å². The molecule has 132 valence electrons. The Kier molecular flexibility index (Phi) is 5.61. The first-order chi connectivity index (χ1) is 11.6. The zero-order chi connectivity index (χ0) is 17.0. The molecule has 1 saturated heterocycles. The number of aromatic nitrogens is 3. The van der Waals surface area contributed by atoms with E-state index < -0.39 is 10.0 Å². The lowest BCUT2D eigenvalue weighted by molar-refractivity contribution is -0.0718. The van der Waals surface area contributed by atoms with Crippen LogP contribution in [0.1, 0.15) is 24.9 Å². The molecular formula is C14H20N4O4S2. The van der Waals surface area contributed by atoms with E-state index in [0.717, 1.165) is 5.69 Å². The molecular weight excluding hydrogens is 352 g/mol. The fourth-order valence-corrected chi connectivity index (χ4v) is 4.22. The monoisotopic (exact) mass is 372 g/mol. The number of thiazole rings is 1. The first-order valence-electron chi connectivity index (χ1n) is 7.71. The smallest absolute Gasteiger partial charge is 0.257 e. The Bertz CT molecular complexity index is 745. The second-order valence-corrected chi connectivity index (χ2v) is 7.87. The van der Waals surface area contributed by atoms with Gasteiger partial charge in [0.2, 0.25) is 0 Å². The second-order valence-electron chi connectivity index (χ2n) is 5.47. The number of sulfonamides is 1. The lowest BCUT2D eigenvalue weighted by Gasteiger charge is -2.31. The summed E-state index contributed by atoms with van der Waals surface area (Å²) in [5.74, 6) is 0.638. The minimum absolute atomic E-state index is 0.0732. The molecule has 8 nitrogen and oxygen atoms in total. The van der Waals surface area contributed by atoms with Gasteiger partial charge in [0.05, 0.1) is 42.8 Å². The van der Waals surface area contributed by atoms with Crippen molar-refractivity contribution in [1.29, 1.82) is 0 Å². The van der Waals surface area contributed by atoms with Gasteiger partial charge in [-0.15, -0.1) is 11.3 Å². The molecule has 3 rings (SSSR count). The molecule has 10 heteroatoms. The van der Waals surface area contributed by atoms with Crippen molar-refractivity contribution in [3.8, 4) is 0 Å². The summed E-state index contributed by atoms with van der Waals surface area (Å²) in [4.78, 5) is 11.0. The van der Waals surface area contributed by atoms with Gasteiger partial charge in [-0.3, -0.25) is 0 Å². The maximum atomic E-state index is 12.5. The molecule has 0 amide bonds. The average Bonchev–Trinajstić information content (AvgIpc) is 3.25. The zero-order valence-corrected chi connectivity index (χ0v) is 14.9. The van der Waals surface area contributed by atoms with E-state index in [9.17, 15) is 8.42 Å². The van der Waals surface area contributed by atoms with Gasteiger partial charge in [0.1, 0.15) is 5.82 Å². The van der Waals surface area contributed by atoms with E-state index in [0.29, 0.717) is 38.5 Å². The van der Waals surface area contributed by atoms with Crippen LogP contribution in [-0.2, 0) is 32.5 Å². The number of aromatic amines is 1. The fraction of sp³-hybridized carbons (Fsp3) is 0.571. The van der Waals surface area contributed by atoms with Crippen molar-refractivity contribution in [2.45, 2.75) is 43.5 Å². The molecule has 3 heterocycles. The second kappa shape index (κ2) is 7.70. The van der Waals surface area contributed by atoms with Crippen LogP contribution in [0.25, 0.3) is 0 Å². The summed E-state index contributed by atoms with van der Waals surface area (Å²) in [6, 6.07) is -0.351. The van der Waals surface area contributed by atoms with Crippen LogP contribution in [0.5, 0.6) is 0 Å². The average molecular weight is 372 g/mol. The molecule has 2 aromatic heterocycles. The molecule has 1 aliphatic heterocycles. The number of nitrogens with zero attached hydrogens (tertiary/aromatic N) is 2. The number of hydrogen-bond acceptors (Lipinski definition) is 7. The minimum atomic E-state index is -3.67. The molecule has 0 aromatic carbocycles. The van der Waals surface area contributed by atoms with Gasteiger partial charge in [0.15, 0.2) is 5.03 Å². The van der Waals surface area contributed by atoms with E-state index in [-0.39, 0.29) is 17.2 Å². The van der Waals surface area contributed by atoms with E-state index in [2.05, 4.69) is 19.7 Å². The standard InChI is InChI=1S/C14H20N4O4S2/c1-2-13-15-5-14(17-13)24(19,20)18-11-3-4-21-7-12(11)22-6-10-8-23-9-16-10/h5,8-9,11-12,18H,2-4,6-7H2,1H3,(H,15,17)/t11-,12-/m1/s1. The normalized spacial score (nSPS) is 21.9. The maximum Gasteiger partial charge on any atom is 0.257 e. The molecule has 0 saturated carbocycles. The molecule has 2 aromatic rings. The molecule has 2 N–H and O–H groups in total. The predicted molar refractivity (Wildman–Crippen MR) is 88.2 cm³/mol. The highest BCUT2D eigenvalue weighted by atomic mass is 32.2. The van der Waals surface area contributed by atoms with E-state index in [4.69, 9.17) is 9.47 Å². The van der Waals surface area contributed by atoms with Crippen LogP contribution in [0.3, 0.4) is 0 Å². The number of imidazole rings is 1. The third kappa shape index (κ3) is 4.19. The molecule has 1 fully saturated rings. The van der Waals surface area contributed by atoms with Gasteiger partial charge in [-0.25, -0.2) is 23.1 Å². The van der Waals surface area contributed by atoms with Crippen molar-refractivity contribution in [2.24, 2.45) is 0 Å². The van der Waals surface area contributed by atoms with Gasteiger partial charge in [-0.1, -0.05) is 6.92 Å².